The number of hydrogen-bond acceptors (Lipinski definition) is 5. The second kappa shape index (κ2) is 10.5. The number of hydrogen-bond donors (Lipinski definition) is 2. The van der Waals surface area contributed by atoms with E-state index in [1.54, 1.807) is 6.92 Å². The molecule has 2 aromatic rings. The second-order valence-corrected chi connectivity index (χ2v) is 7.37. The lowest BCUT2D eigenvalue weighted by atomic mass is 10.1. The fraction of sp³-hybridized carbons (Fsp3) is 0.318. The first-order valence-electron chi connectivity index (χ1n) is 10.0. The van der Waals surface area contributed by atoms with E-state index < -0.39 is 48.3 Å². The number of alkyl halides is 4. The van der Waals surface area contributed by atoms with Crippen molar-refractivity contribution in [3.8, 4) is 5.88 Å². The van der Waals surface area contributed by atoms with Crippen LogP contribution < -0.4 is 10.1 Å². The number of carbonyl (C=O) groups excluding carboxylic acids is 1. The molecule has 34 heavy (non-hydrogen) atoms. The van der Waals surface area contributed by atoms with Gasteiger partial charge < -0.3 is 19.9 Å². The number of carbonyl (C=O) groups is 2. The number of aryl methyl sites for hydroxylation is 1. The molecule has 3 rings (SSSR count). The molecule has 1 unspecified atom stereocenters. The van der Waals surface area contributed by atoms with Gasteiger partial charge in [0.2, 0.25) is 5.88 Å². The Hall–Kier alpha value is -3.67. The third-order valence-corrected chi connectivity index (χ3v) is 4.98. The van der Waals surface area contributed by atoms with Crippen molar-refractivity contribution in [1.29, 1.82) is 0 Å². The van der Waals surface area contributed by atoms with Crippen molar-refractivity contribution in [1.82, 2.24) is 15.1 Å². The zero-order chi connectivity index (χ0) is 25.0. The minimum absolute atomic E-state index is 0.0501. The summed E-state index contributed by atoms with van der Waals surface area (Å²) in [6.45, 7) is -1.42. The molecule has 1 aliphatic carbocycles. The van der Waals surface area contributed by atoms with E-state index in [0.29, 0.717) is 5.56 Å². The van der Waals surface area contributed by atoms with E-state index >= 15 is 0 Å². The van der Waals surface area contributed by atoms with Gasteiger partial charge in [-0.3, -0.25) is 4.79 Å². The quantitative estimate of drug-likeness (QED) is 0.514. The monoisotopic (exact) mass is 483 g/mol. The maximum atomic E-state index is 13.6. The fourth-order valence-electron chi connectivity index (χ4n) is 3.32. The number of benzene rings is 1. The summed E-state index contributed by atoms with van der Waals surface area (Å²) in [6.07, 6.45) is 0.0489. The van der Waals surface area contributed by atoms with Gasteiger partial charge in [0.05, 0.1) is 17.7 Å². The minimum Gasteiger partial charge on any atom is -0.478 e. The first-order chi connectivity index (χ1) is 16.1. The predicted molar refractivity (Wildman–Crippen MR) is 111 cm³/mol. The Labute approximate surface area is 191 Å². The lowest BCUT2D eigenvalue weighted by Gasteiger charge is -2.20. The van der Waals surface area contributed by atoms with Crippen molar-refractivity contribution in [2.75, 3.05) is 0 Å². The third kappa shape index (κ3) is 5.81. The smallest absolute Gasteiger partial charge is 0.345 e. The zero-order valence-corrected chi connectivity index (χ0v) is 18.0. The number of amides is 1. The van der Waals surface area contributed by atoms with E-state index in [-0.39, 0.29) is 23.6 Å². The van der Waals surface area contributed by atoms with Crippen molar-refractivity contribution < 1.29 is 41.7 Å². The molecule has 2 N–H and O–H groups in total. The standard InChI is InChI=1S/C22H21F4N3O5/c1-11(12-6-8-13(9-7-12)21(31)32)27-19(30)16-17(18(23)24)28-29(2)20(16)33-14-4-3-5-15(10-14)34-22(25)26/h3-9,11,15,18,22H,10H2,1-2H3,(H,27,30)(H,31,32)/t11-,15?/m0/s1. The third-order valence-electron chi connectivity index (χ3n) is 4.98. The number of carboxylic acid groups (broad SMARTS) is 1. The number of nitrogens with one attached hydrogen (secondary N) is 1. The molecule has 1 amide bonds. The first-order valence-corrected chi connectivity index (χ1v) is 10.0. The maximum Gasteiger partial charge on any atom is 0.345 e. The summed E-state index contributed by atoms with van der Waals surface area (Å²) in [6, 6.07) is 5.01. The number of allylic oxidation sites excluding steroid dienone is 2. The molecule has 1 aliphatic rings. The van der Waals surface area contributed by atoms with E-state index in [2.05, 4.69) is 15.2 Å². The summed E-state index contributed by atoms with van der Waals surface area (Å²) in [4.78, 5) is 24.0. The Kier molecular flexibility index (Phi) is 7.72. The van der Waals surface area contributed by atoms with Crippen molar-refractivity contribution in [3.63, 3.8) is 0 Å². The van der Waals surface area contributed by atoms with Crippen molar-refractivity contribution in [2.45, 2.75) is 38.5 Å². The number of rotatable bonds is 9. The summed E-state index contributed by atoms with van der Waals surface area (Å²) in [5.74, 6) is -2.20. The molecular weight excluding hydrogens is 462 g/mol. The number of ether oxygens (including phenoxy) is 2. The average molecular weight is 483 g/mol. The Bertz CT molecular complexity index is 1110. The normalized spacial score (nSPS) is 16.5. The van der Waals surface area contributed by atoms with Crippen LogP contribution in [0.5, 0.6) is 5.88 Å². The molecular formula is C22H21F4N3O5. The van der Waals surface area contributed by atoms with Gasteiger partial charge >= 0.3 is 12.6 Å². The van der Waals surface area contributed by atoms with Crippen LogP contribution in [0.2, 0.25) is 0 Å². The van der Waals surface area contributed by atoms with Crippen LogP contribution >= 0.6 is 0 Å². The molecule has 2 atom stereocenters. The molecule has 1 aromatic heterocycles. The fourth-order valence-corrected chi connectivity index (χ4v) is 3.32. The number of carboxylic acids is 1. The second-order valence-electron chi connectivity index (χ2n) is 7.37. The minimum atomic E-state index is -3.09. The first kappa shape index (κ1) is 25.0. The van der Waals surface area contributed by atoms with Gasteiger partial charge in [-0.05, 0) is 30.7 Å². The lowest BCUT2D eigenvalue weighted by molar-refractivity contribution is -0.150. The van der Waals surface area contributed by atoms with E-state index in [0.717, 1.165) is 4.68 Å². The highest BCUT2D eigenvalue weighted by Gasteiger charge is 2.31. The summed E-state index contributed by atoms with van der Waals surface area (Å²) < 4.78 is 63.4. The summed E-state index contributed by atoms with van der Waals surface area (Å²) >= 11 is 0. The molecule has 0 radical (unpaired) electrons. The summed E-state index contributed by atoms with van der Waals surface area (Å²) in [5, 5.41) is 15.3. The van der Waals surface area contributed by atoms with Gasteiger partial charge in [0.25, 0.3) is 12.3 Å². The van der Waals surface area contributed by atoms with Gasteiger partial charge in [0.15, 0.2) is 0 Å². The van der Waals surface area contributed by atoms with E-state index in [1.807, 2.05) is 0 Å². The number of halogens is 4. The predicted octanol–water partition coefficient (Wildman–Crippen LogP) is 4.38. The number of nitrogens with zero attached hydrogens (tertiary/aromatic N) is 2. The van der Waals surface area contributed by atoms with Crippen LogP contribution in [-0.2, 0) is 11.8 Å². The molecule has 1 aromatic carbocycles. The van der Waals surface area contributed by atoms with Crippen LogP contribution in [0.3, 0.4) is 0 Å². The Balaban J connectivity index is 1.84. The molecule has 0 bridgehead atoms. The van der Waals surface area contributed by atoms with Crippen LogP contribution in [0, 0.1) is 0 Å². The van der Waals surface area contributed by atoms with Gasteiger partial charge in [-0.1, -0.05) is 24.3 Å². The highest BCUT2D eigenvalue weighted by molar-refractivity contribution is 5.98. The molecule has 0 aliphatic heterocycles. The van der Waals surface area contributed by atoms with E-state index in [9.17, 15) is 27.2 Å². The largest absolute Gasteiger partial charge is 0.478 e. The highest BCUT2D eigenvalue weighted by Crippen LogP contribution is 2.32. The van der Waals surface area contributed by atoms with E-state index in [4.69, 9.17) is 9.84 Å². The Morgan fingerprint density at radius 2 is 1.88 bits per heavy atom. The van der Waals surface area contributed by atoms with Crippen molar-refractivity contribution in [3.05, 3.63) is 70.6 Å². The van der Waals surface area contributed by atoms with Gasteiger partial charge in [-0.15, -0.1) is 0 Å². The van der Waals surface area contributed by atoms with Crippen molar-refractivity contribution >= 4 is 11.9 Å². The SMILES string of the molecule is C[C@H](NC(=O)c1c(C(F)F)nn(C)c1OC1=CC=CC(OC(F)F)C1)c1ccc(C(=O)O)cc1. The van der Waals surface area contributed by atoms with Crippen LogP contribution in [0.15, 0.2) is 48.3 Å². The molecule has 0 spiro atoms. The molecule has 0 saturated carbocycles. The zero-order valence-electron chi connectivity index (χ0n) is 18.0. The summed E-state index contributed by atoms with van der Waals surface area (Å²) in [5.41, 5.74) is -0.728. The molecule has 8 nitrogen and oxygen atoms in total. The van der Waals surface area contributed by atoms with Gasteiger partial charge in [-0.25, -0.2) is 18.3 Å². The van der Waals surface area contributed by atoms with Crippen LogP contribution in [0.25, 0.3) is 0 Å². The van der Waals surface area contributed by atoms with Crippen LogP contribution in [0.1, 0.15) is 57.8 Å². The van der Waals surface area contributed by atoms with Crippen LogP contribution in [0.4, 0.5) is 17.6 Å². The Morgan fingerprint density at radius 3 is 2.47 bits per heavy atom. The molecule has 0 fully saturated rings. The molecule has 182 valence electrons. The van der Waals surface area contributed by atoms with Gasteiger partial charge in [0.1, 0.15) is 17.0 Å². The van der Waals surface area contributed by atoms with Crippen molar-refractivity contribution in [2.24, 2.45) is 7.05 Å². The maximum absolute atomic E-state index is 13.6. The molecule has 0 saturated heterocycles. The van der Waals surface area contributed by atoms with Crippen LogP contribution in [-0.4, -0.2) is 39.5 Å². The number of aromatic carboxylic acids is 1. The van der Waals surface area contributed by atoms with Gasteiger partial charge in [0, 0.05) is 13.5 Å². The van der Waals surface area contributed by atoms with Gasteiger partial charge in [-0.2, -0.15) is 13.9 Å². The molecule has 1 heterocycles. The average Bonchev–Trinajstić information content (AvgIpc) is 3.10. The lowest BCUT2D eigenvalue weighted by Crippen LogP contribution is -2.28. The molecule has 12 heteroatoms. The topological polar surface area (TPSA) is 103 Å². The highest BCUT2D eigenvalue weighted by atomic mass is 19.3. The Morgan fingerprint density at radius 1 is 1.21 bits per heavy atom. The number of aromatic nitrogens is 2. The summed E-state index contributed by atoms with van der Waals surface area (Å²) in [7, 11) is 1.30. The van der Waals surface area contributed by atoms with E-state index in [1.165, 1.54) is 49.5 Å².